The van der Waals surface area contributed by atoms with E-state index < -0.39 is 28.9 Å². The van der Waals surface area contributed by atoms with Gasteiger partial charge >= 0.3 is 11.7 Å². The molecule has 0 aliphatic rings. The van der Waals surface area contributed by atoms with Crippen LogP contribution >= 0.6 is 0 Å². The van der Waals surface area contributed by atoms with E-state index in [1.54, 1.807) is 25.1 Å². The van der Waals surface area contributed by atoms with Gasteiger partial charge < -0.3 is 9.84 Å². The number of carbonyl (C=O) groups excluding carboxylic acids is 1. The van der Waals surface area contributed by atoms with E-state index in [4.69, 9.17) is 4.74 Å². The number of esters is 1. The molecule has 2 N–H and O–H groups in total. The van der Waals surface area contributed by atoms with Gasteiger partial charge in [-0.15, -0.1) is 0 Å². The number of hydrogen-bond acceptors (Lipinski definition) is 6. The highest BCUT2D eigenvalue weighted by Crippen LogP contribution is 2.18. The number of aromatic nitrogens is 2. The Bertz CT molecular complexity index is 1200. The molecule has 8 nitrogen and oxygen atoms in total. The molecular formula is C20H16FN3O5. The largest absolute Gasteiger partial charge is 0.493 e. The quantitative estimate of drug-likeness (QED) is 0.507. The van der Waals surface area contributed by atoms with Crippen LogP contribution in [0.3, 0.4) is 0 Å². The highest BCUT2D eigenvalue weighted by Gasteiger charge is 2.14. The number of halogens is 1. The van der Waals surface area contributed by atoms with Crippen LogP contribution in [0.1, 0.15) is 22.8 Å². The van der Waals surface area contributed by atoms with E-state index in [0.29, 0.717) is 5.69 Å². The van der Waals surface area contributed by atoms with Crippen LogP contribution in [0.5, 0.6) is 5.88 Å². The van der Waals surface area contributed by atoms with Crippen LogP contribution in [0.25, 0.3) is 5.69 Å². The minimum absolute atomic E-state index is 0.157. The van der Waals surface area contributed by atoms with E-state index >= 15 is 0 Å². The smallest absolute Gasteiger partial charge is 0.338 e. The van der Waals surface area contributed by atoms with Crippen LogP contribution in [0.2, 0.25) is 0 Å². The lowest BCUT2D eigenvalue weighted by Crippen LogP contribution is -2.31. The van der Waals surface area contributed by atoms with Gasteiger partial charge in [0, 0.05) is 6.21 Å². The zero-order chi connectivity index (χ0) is 21.0. The maximum Gasteiger partial charge on any atom is 0.338 e. The molecule has 0 amide bonds. The molecule has 3 aromatic rings. The van der Waals surface area contributed by atoms with Crippen molar-refractivity contribution >= 4 is 17.9 Å². The molecule has 0 spiro atoms. The molecule has 1 aromatic heterocycles. The van der Waals surface area contributed by atoms with E-state index in [1.165, 1.54) is 18.2 Å². The van der Waals surface area contributed by atoms with Crippen molar-refractivity contribution in [1.82, 2.24) is 9.55 Å². The number of ether oxygens (including phenoxy) is 1. The van der Waals surface area contributed by atoms with E-state index in [-0.39, 0.29) is 23.4 Å². The third-order valence-electron chi connectivity index (χ3n) is 3.91. The standard InChI is InChI=1S/C20H16FN3O5/c1-2-29-19(27)12-4-3-5-14(10-12)22-11-16-17(25)23-20(28)24(18(16)26)15-8-6-13(21)7-9-15/h3-11,26H,2H2,1H3,(H,23,25,28). The van der Waals surface area contributed by atoms with Gasteiger partial charge in [-0.2, -0.15) is 0 Å². The second kappa shape index (κ2) is 8.34. The summed E-state index contributed by atoms with van der Waals surface area (Å²) in [6.45, 7) is 1.91. The Morgan fingerprint density at radius 3 is 2.66 bits per heavy atom. The molecule has 29 heavy (non-hydrogen) atoms. The van der Waals surface area contributed by atoms with Crippen LogP contribution in [0, 0.1) is 5.82 Å². The molecule has 0 saturated heterocycles. The van der Waals surface area contributed by atoms with Crippen molar-refractivity contribution in [2.45, 2.75) is 6.92 Å². The van der Waals surface area contributed by atoms with Crippen LogP contribution in [-0.4, -0.2) is 33.4 Å². The first kappa shape index (κ1) is 19.7. The molecule has 3 rings (SSSR count). The molecule has 0 fully saturated rings. The monoisotopic (exact) mass is 397 g/mol. The van der Waals surface area contributed by atoms with Gasteiger partial charge in [-0.05, 0) is 49.4 Å². The van der Waals surface area contributed by atoms with Gasteiger partial charge in [0.15, 0.2) is 0 Å². The number of carbonyl (C=O) groups is 1. The fraction of sp³-hybridized carbons (Fsp3) is 0.100. The zero-order valence-electron chi connectivity index (χ0n) is 15.3. The molecule has 0 radical (unpaired) electrons. The second-order valence-electron chi connectivity index (χ2n) is 5.84. The van der Waals surface area contributed by atoms with Crippen molar-refractivity contribution in [3.63, 3.8) is 0 Å². The topological polar surface area (TPSA) is 114 Å². The number of aromatic hydroxyl groups is 1. The second-order valence-corrected chi connectivity index (χ2v) is 5.84. The molecule has 2 aromatic carbocycles. The first-order valence-electron chi connectivity index (χ1n) is 8.56. The summed E-state index contributed by atoms with van der Waals surface area (Å²) in [7, 11) is 0. The molecule has 1 heterocycles. The first-order chi connectivity index (χ1) is 13.9. The van der Waals surface area contributed by atoms with Gasteiger partial charge in [0.1, 0.15) is 11.4 Å². The highest BCUT2D eigenvalue weighted by molar-refractivity contribution is 5.91. The minimum atomic E-state index is -0.888. The van der Waals surface area contributed by atoms with E-state index in [9.17, 15) is 23.9 Å². The molecule has 0 aliphatic heterocycles. The fourth-order valence-corrected chi connectivity index (χ4v) is 2.55. The highest BCUT2D eigenvalue weighted by atomic mass is 19.1. The van der Waals surface area contributed by atoms with Gasteiger partial charge in [-0.1, -0.05) is 6.07 Å². The zero-order valence-corrected chi connectivity index (χ0v) is 15.3. The first-order valence-corrected chi connectivity index (χ1v) is 8.56. The summed E-state index contributed by atoms with van der Waals surface area (Å²) >= 11 is 0. The SMILES string of the molecule is CCOC(=O)c1cccc(N=Cc2c(O)n(-c3ccc(F)cc3)c(=O)[nH]c2=O)c1. The van der Waals surface area contributed by atoms with Gasteiger partial charge in [0.25, 0.3) is 5.56 Å². The van der Waals surface area contributed by atoms with Crippen molar-refractivity contribution in [2.24, 2.45) is 4.99 Å². The molecule has 0 bridgehead atoms. The number of aliphatic imine (C=N–C) groups is 1. The summed E-state index contributed by atoms with van der Waals surface area (Å²) in [5, 5.41) is 10.4. The van der Waals surface area contributed by atoms with Crippen molar-refractivity contribution < 1.29 is 19.0 Å². The van der Waals surface area contributed by atoms with Gasteiger partial charge in [-0.25, -0.2) is 18.5 Å². The predicted octanol–water partition coefficient (Wildman–Crippen LogP) is 2.30. The van der Waals surface area contributed by atoms with E-state index in [2.05, 4.69) is 9.98 Å². The number of nitrogens with one attached hydrogen (secondary N) is 1. The molecular weight excluding hydrogens is 381 g/mol. The number of benzene rings is 2. The van der Waals surface area contributed by atoms with Crippen LogP contribution in [0.4, 0.5) is 10.1 Å². The Hall–Kier alpha value is -4.01. The van der Waals surface area contributed by atoms with Crippen LogP contribution < -0.4 is 11.2 Å². The normalized spacial score (nSPS) is 11.0. The van der Waals surface area contributed by atoms with Gasteiger partial charge in [0.05, 0.1) is 23.5 Å². The summed E-state index contributed by atoms with van der Waals surface area (Å²) in [4.78, 5) is 42.2. The fourth-order valence-electron chi connectivity index (χ4n) is 2.55. The summed E-state index contributed by atoms with van der Waals surface area (Å²) in [5.41, 5.74) is -1.26. The summed E-state index contributed by atoms with van der Waals surface area (Å²) in [6, 6.07) is 11.0. The van der Waals surface area contributed by atoms with Crippen molar-refractivity contribution in [3.05, 3.63) is 86.3 Å². The van der Waals surface area contributed by atoms with Crippen LogP contribution in [0.15, 0.2) is 63.1 Å². The third-order valence-corrected chi connectivity index (χ3v) is 3.91. The summed E-state index contributed by atoms with van der Waals surface area (Å²) in [5.74, 6) is -1.69. The average Bonchev–Trinajstić information content (AvgIpc) is 2.69. The van der Waals surface area contributed by atoms with Gasteiger partial charge in [0.2, 0.25) is 5.88 Å². The molecule has 9 heteroatoms. The Morgan fingerprint density at radius 1 is 1.24 bits per heavy atom. The number of rotatable bonds is 5. The van der Waals surface area contributed by atoms with Crippen molar-refractivity contribution in [2.75, 3.05) is 6.61 Å². The van der Waals surface area contributed by atoms with Crippen molar-refractivity contribution in [3.8, 4) is 11.6 Å². The van der Waals surface area contributed by atoms with E-state index in [0.717, 1.165) is 22.9 Å². The Balaban J connectivity index is 2.02. The molecule has 0 saturated carbocycles. The Kier molecular flexibility index (Phi) is 5.68. The molecule has 0 atom stereocenters. The lowest BCUT2D eigenvalue weighted by Gasteiger charge is -2.09. The maximum atomic E-state index is 13.1. The number of nitrogens with zero attached hydrogens (tertiary/aromatic N) is 2. The lowest BCUT2D eigenvalue weighted by molar-refractivity contribution is 0.0526. The molecule has 0 aliphatic carbocycles. The summed E-state index contributed by atoms with van der Waals surface area (Å²) < 4.78 is 18.9. The number of H-pyrrole nitrogens is 1. The third kappa shape index (κ3) is 4.29. The van der Waals surface area contributed by atoms with Crippen LogP contribution in [-0.2, 0) is 4.74 Å². The Labute approximate surface area is 163 Å². The Morgan fingerprint density at radius 2 is 1.97 bits per heavy atom. The maximum absolute atomic E-state index is 13.1. The van der Waals surface area contributed by atoms with E-state index in [1.807, 2.05) is 0 Å². The molecule has 0 unspecified atom stereocenters. The molecule has 148 valence electrons. The predicted molar refractivity (Wildman–Crippen MR) is 104 cm³/mol. The lowest BCUT2D eigenvalue weighted by atomic mass is 10.2. The number of hydrogen-bond donors (Lipinski definition) is 2. The number of aromatic amines is 1. The summed E-state index contributed by atoms with van der Waals surface area (Å²) in [6.07, 6.45) is 1.07. The van der Waals surface area contributed by atoms with Crippen molar-refractivity contribution in [1.29, 1.82) is 0 Å². The van der Waals surface area contributed by atoms with Gasteiger partial charge in [-0.3, -0.25) is 14.8 Å². The minimum Gasteiger partial charge on any atom is -0.493 e. The average molecular weight is 397 g/mol.